The Morgan fingerprint density at radius 2 is 2.00 bits per heavy atom. The second kappa shape index (κ2) is 4.58. The lowest BCUT2D eigenvalue weighted by Crippen LogP contribution is -2.24. The summed E-state index contributed by atoms with van der Waals surface area (Å²) in [6.07, 6.45) is 7.75. The van der Waals surface area contributed by atoms with Crippen LogP contribution in [0.15, 0.2) is 4.79 Å². The highest BCUT2D eigenvalue weighted by atomic mass is 16.5. The standard InChI is InChI=1S/C15H20N2O3/c18-14-12(8-3-1-2-4-8)15(19)17-13(16-14)10-7-9-5-6-11(10)20-9/h8-11H,1-7H2,(H2,16,17,18,19). The Balaban J connectivity index is 1.67. The molecule has 1 saturated carbocycles. The van der Waals surface area contributed by atoms with Gasteiger partial charge in [0, 0.05) is 5.92 Å². The summed E-state index contributed by atoms with van der Waals surface area (Å²) in [6, 6.07) is 0. The Kier molecular flexibility index (Phi) is 2.84. The van der Waals surface area contributed by atoms with Gasteiger partial charge in [-0.05, 0) is 38.0 Å². The molecule has 1 aromatic heterocycles. The third kappa shape index (κ3) is 1.87. The number of fused-ring (bicyclic) bond motifs is 2. The molecular formula is C15H20N2O3. The van der Waals surface area contributed by atoms with E-state index in [1.54, 1.807) is 0 Å². The van der Waals surface area contributed by atoms with Gasteiger partial charge in [-0.3, -0.25) is 4.79 Å². The van der Waals surface area contributed by atoms with Crippen molar-refractivity contribution >= 4 is 0 Å². The molecular weight excluding hydrogens is 256 g/mol. The number of nitrogens with zero attached hydrogens (tertiary/aromatic N) is 1. The minimum Gasteiger partial charge on any atom is -0.493 e. The molecule has 1 aromatic rings. The van der Waals surface area contributed by atoms with Gasteiger partial charge < -0.3 is 14.8 Å². The van der Waals surface area contributed by atoms with E-state index < -0.39 is 0 Å². The van der Waals surface area contributed by atoms with Crippen LogP contribution in [0.4, 0.5) is 0 Å². The molecule has 3 fully saturated rings. The molecule has 108 valence electrons. The van der Waals surface area contributed by atoms with Crippen molar-refractivity contribution in [2.75, 3.05) is 0 Å². The molecule has 2 N–H and O–H groups in total. The molecule has 20 heavy (non-hydrogen) atoms. The van der Waals surface area contributed by atoms with Crippen molar-refractivity contribution in [3.05, 3.63) is 21.7 Å². The molecule has 3 heterocycles. The summed E-state index contributed by atoms with van der Waals surface area (Å²) in [5, 5.41) is 10.2. The number of hydrogen-bond donors (Lipinski definition) is 2. The zero-order chi connectivity index (χ0) is 13.7. The smallest absolute Gasteiger partial charge is 0.258 e. The van der Waals surface area contributed by atoms with Crippen LogP contribution in [-0.4, -0.2) is 27.3 Å². The van der Waals surface area contributed by atoms with E-state index in [1.807, 2.05) is 0 Å². The number of aromatic nitrogens is 2. The van der Waals surface area contributed by atoms with E-state index in [2.05, 4.69) is 9.97 Å². The fraction of sp³-hybridized carbons (Fsp3) is 0.733. The van der Waals surface area contributed by atoms with Crippen molar-refractivity contribution < 1.29 is 9.84 Å². The Morgan fingerprint density at radius 1 is 1.20 bits per heavy atom. The Labute approximate surface area is 117 Å². The summed E-state index contributed by atoms with van der Waals surface area (Å²) >= 11 is 0. The van der Waals surface area contributed by atoms with Gasteiger partial charge in [0.25, 0.3) is 5.56 Å². The van der Waals surface area contributed by atoms with Crippen molar-refractivity contribution in [1.29, 1.82) is 0 Å². The Bertz CT molecular complexity index is 577. The van der Waals surface area contributed by atoms with Crippen LogP contribution in [0.3, 0.4) is 0 Å². The van der Waals surface area contributed by atoms with Crippen molar-refractivity contribution in [3.63, 3.8) is 0 Å². The number of H-pyrrole nitrogens is 1. The molecule has 4 rings (SSSR count). The van der Waals surface area contributed by atoms with E-state index in [0.717, 1.165) is 44.9 Å². The van der Waals surface area contributed by atoms with Crippen LogP contribution in [0.1, 0.15) is 68.2 Å². The minimum atomic E-state index is -0.151. The van der Waals surface area contributed by atoms with E-state index in [4.69, 9.17) is 4.74 Å². The third-order valence-corrected chi connectivity index (χ3v) is 5.17. The summed E-state index contributed by atoms with van der Waals surface area (Å²) in [5.41, 5.74) is 0.345. The number of hydrogen-bond acceptors (Lipinski definition) is 4. The van der Waals surface area contributed by atoms with Crippen LogP contribution in [-0.2, 0) is 4.74 Å². The molecule has 5 heteroatoms. The van der Waals surface area contributed by atoms with Gasteiger partial charge in [-0.15, -0.1) is 0 Å². The summed E-state index contributed by atoms with van der Waals surface area (Å²) in [6.45, 7) is 0. The SMILES string of the molecule is O=c1[nH]c(C2CC3CCC2O3)nc(O)c1C1CCCC1. The van der Waals surface area contributed by atoms with Crippen LogP contribution in [0.5, 0.6) is 5.88 Å². The first-order chi connectivity index (χ1) is 9.72. The molecule has 0 amide bonds. The zero-order valence-corrected chi connectivity index (χ0v) is 11.5. The lowest BCUT2D eigenvalue weighted by atomic mass is 9.88. The average molecular weight is 276 g/mol. The average Bonchev–Trinajstić information content (AvgIpc) is 3.15. The Hall–Kier alpha value is -1.36. The number of ether oxygens (including phenoxy) is 1. The summed E-state index contributed by atoms with van der Waals surface area (Å²) in [5.74, 6) is 0.876. The molecule has 1 aliphatic carbocycles. The van der Waals surface area contributed by atoms with E-state index in [-0.39, 0.29) is 29.4 Å². The first kappa shape index (κ1) is 12.4. The topological polar surface area (TPSA) is 75.2 Å². The summed E-state index contributed by atoms with van der Waals surface area (Å²) in [4.78, 5) is 19.5. The number of nitrogens with one attached hydrogen (secondary N) is 1. The number of aromatic hydroxyl groups is 1. The van der Waals surface area contributed by atoms with Crippen molar-refractivity contribution in [2.45, 2.75) is 69.0 Å². The van der Waals surface area contributed by atoms with Crippen LogP contribution in [0, 0.1) is 0 Å². The molecule has 0 aromatic carbocycles. The van der Waals surface area contributed by atoms with E-state index in [1.165, 1.54) is 0 Å². The second-order valence-electron chi connectivity index (χ2n) is 6.39. The highest BCUT2D eigenvalue weighted by Crippen LogP contribution is 2.44. The number of aromatic amines is 1. The third-order valence-electron chi connectivity index (χ3n) is 5.17. The summed E-state index contributed by atoms with van der Waals surface area (Å²) < 4.78 is 5.81. The maximum atomic E-state index is 12.3. The molecule has 2 saturated heterocycles. The summed E-state index contributed by atoms with van der Waals surface area (Å²) in [7, 11) is 0. The fourth-order valence-electron chi connectivity index (χ4n) is 4.17. The van der Waals surface area contributed by atoms with Crippen molar-refractivity contribution in [1.82, 2.24) is 9.97 Å². The molecule has 5 nitrogen and oxygen atoms in total. The van der Waals surface area contributed by atoms with Gasteiger partial charge in [0.15, 0.2) is 0 Å². The van der Waals surface area contributed by atoms with Crippen molar-refractivity contribution in [2.24, 2.45) is 0 Å². The highest BCUT2D eigenvalue weighted by molar-refractivity contribution is 5.28. The van der Waals surface area contributed by atoms with Gasteiger partial charge in [-0.1, -0.05) is 12.8 Å². The quantitative estimate of drug-likeness (QED) is 0.868. The monoisotopic (exact) mass is 276 g/mol. The maximum Gasteiger partial charge on any atom is 0.258 e. The van der Waals surface area contributed by atoms with Crippen LogP contribution >= 0.6 is 0 Å². The van der Waals surface area contributed by atoms with Crippen LogP contribution < -0.4 is 5.56 Å². The van der Waals surface area contributed by atoms with Crippen LogP contribution in [0.25, 0.3) is 0 Å². The number of rotatable bonds is 2. The molecule has 0 radical (unpaired) electrons. The normalized spacial score (nSPS) is 33.1. The first-order valence-corrected chi connectivity index (χ1v) is 7.71. The fourth-order valence-corrected chi connectivity index (χ4v) is 4.17. The molecule has 0 spiro atoms. The zero-order valence-electron chi connectivity index (χ0n) is 11.5. The molecule has 2 aliphatic heterocycles. The molecule has 2 bridgehead atoms. The lowest BCUT2D eigenvalue weighted by Gasteiger charge is -2.19. The van der Waals surface area contributed by atoms with E-state index >= 15 is 0 Å². The predicted octanol–water partition coefficient (Wildman–Crippen LogP) is 2.17. The largest absolute Gasteiger partial charge is 0.493 e. The lowest BCUT2D eigenvalue weighted by molar-refractivity contribution is 0.0998. The van der Waals surface area contributed by atoms with Gasteiger partial charge in [0.05, 0.1) is 17.8 Å². The van der Waals surface area contributed by atoms with Crippen molar-refractivity contribution in [3.8, 4) is 5.88 Å². The Morgan fingerprint density at radius 3 is 2.60 bits per heavy atom. The van der Waals surface area contributed by atoms with Gasteiger partial charge in [0.1, 0.15) is 5.82 Å². The molecule has 3 atom stereocenters. The maximum absolute atomic E-state index is 12.3. The van der Waals surface area contributed by atoms with E-state index in [0.29, 0.717) is 17.5 Å². The second-order valence-corrected chi connectivity index (χ2v) is 6.39. The van der Waals surface area contributed by atoms with Gasteiger partial charge in [-0.2, -0.15) is 4.98 Å². The van der Waals surface area contributed by atoms with Gasteiger partial charge in [-0.25, -0.2) is 0 Å². The molecule has 3 unspecified atom stereocenters. The first-order valence-electron chi connectivity index (χ1n) is 7.71. The van der Waals surface area contributed by atoms with Gasteiger partial charge in [0.2, 0.25) is 5.88 Å². The van der Waals surface area contributed by atoms with E-state index in [9.17, 15) is 9.90 Å². The highest BCUT2D eigenvalue weighted by Gasteiger charge is 2.43. The van der Waals surface area contributed by atoms with Gasteiger partial charge >= 0.3 is 0 Å². The molecule has 3 aliphatic rings. The van der Waals surface area contributed by atoms with Crippen LogP contribution in [0.2, 0.25) is 0 Å². The predicted molar refractivity (Wildman–Crippen MR) is 73.0 cm³/mol. The minimum absolute atomic E-state index is 0.0570.